The van der Waals surface area contributed by atoms with Crippen molar-refractivity contribution in [2.75, 3.05) is 6.61 Å². The second-order valence-corrected chi connectivity index (χ2v) is 7.43. The topological polar surface area (TPSA) is 102 Å². The molecule has 1 atom stereocenters. The number of fused-ring (bicyclic) bond motifs is 1. The maximum Gasteiger partial charge on any atom is 0.248 e. The predicted octanol–water partition coefficient (Wildman–Crippen LogP) is 4.24. The molecule has 0 aromatic heterocycles. The smallest absolute Gasteiger partial charge is 0.248 e. The summed E-state index contributed by atoms with van der Waals surface area (Å²) in [6.07, 6.45) is -0.599. The summed E-state index contributed by atoms with van der Waals surface area (Å²) in [4.78, 5) is 23.6. The highest BCUT2D eigenvalue weighted by Crippen LogP contribution is 2.40. The van der Waals surface area contributed by atoms with E-state index < -0.39 is 17.8 Å². The minimum atomic E-state index is -0.796. The Morgan fingerprint density at radius 1 is 1.19 bits per heavy atom. The monoisotopic (exact) mass is 430 g/mol. The lowest BCUT2D eigenvalue weighted by Gasteiger charge is -2.25. The van der Waals surface area contributed by atoms with Crippen molar-refractivity contribution < 1.29 is 23.5 Å². The fourth-order valence-corrected chi connectivity index (χ4v) is 3.70. The number of halogens is 1. The Morgan fingerprint density at radius 3 is 2.62 bits per heavy atom. The number of carbonyl (C=O) groups is 2. The first-order chi connectivity index (χ1) is 15.4. The van der Waals surface area contributed by atoms with Crippen LogP contribution < -0.4 is 15.2 Å². The standard InChI is InChI=1S/C25H19FN2O4/c1-14-22-19(21(29)9-10-31-22)12-20(26)23(14)32-24(18-4-2-3-15(11-18)13-27)16-5-7-17(8-6-16)25(28)30/h2-8,11-12,24H,9-10H2,1H3,(H2,28,30)/t24-/m1/s1. The number of Topliss-reactive ketones (excluding diaryl/α,β-unsaturated/α-hetero) is 1. The molecule has 4 rings (SSSR count). The average Bonchev–Trinajstić information content (AvgIpc) is 2.80. The van der Waals surface area contributed by atoms with Crippen LogP contribution in [0.1, 0.15) is 55.5 Å². The maximum absolute atomic E-state index is 15.1. The van der Waals surface area contributed by atoms with Crippen LogP contribution in [0.25, 0.3) is 0 Å². The second kappa shape index (κ2) is 8.52. The fraction of sp³-hybridized carbons (Fsp3) is 0.160. The number of rotatable bonds is 5. The van der Waals surface area contributed by atoms with E-state index in [0.29, 0.717) is 33.6 Å². The second-order valence-electron chi connectivity index (χ2n) is 7.43. The number of primary amides is 1. The summed E-state index contributed by atoms with van der Waals surface area (Å²) in [6.45, 7) is 1.86. The van der Waals surface area contributed by atoms with E-state index in [2.05, 4.69) is 6.07 Å². The fourth-order valence-electron chi connectivity index (χ4n) is 3.70. The van der Waals surface area contributed by atoms with Gasteiger partial charge in [-0.25, -0.2) is 4.39 Å². The molecular formula is C25H19FN2O4. The van der Waals surface area contributed by atoms with Gasteiger partial charge in [0, 0.05) is 17.5 Å². The van der Waals surface area contributed by atoms with Gasteiger partial charge >= 0.3 is 0 Å². The van der Waals surface area contributed by atoms with Crippen LogP contribution in [0.2, 0.25) is 0 Å². The number of amides is 1. The molecule has 32 heavy (non-hydrogen) atoms. The zero-order valence-electron chi connectivity index (χ0n) is 17.2. The molecule has 0 aliphatic carbocycles. The molecule has 6 nitrogen and oxygen atoms in total. The van der Waals surface area contributed by atoms with Crippen LogP contribution in [0, 0.1) is 24.1 Å². The highest BCUT2D eigenvalue weighted by atomic mass is 19.1. The Labute approximate surface area is 184 Å². The van der Waals surface area contributed by atoms with Crippen molar-refractivity contribution in [1.82, 2.24) is 0 Å². The van der Waals surface area contributed by atoms with Gasteiger partial charge in [0.1, 0.15) is 11.9 Å². The Kier molecular flexibility index (Phi) is 5.61. The third kappa shape index (κ3) is 3.91. The van der Waals surface area contributed by atoms with E-state index >= 15 is 4.39 Å². The van der Waals surface area contributed by atoms with E-state index in [-0.39, 0.29) is 30.1 Å². The van der Waals surface area contributed by atoms with Gasteiger partial charge in [0.05, 0.1) is 23.8 Å². The largest absolute Gasteiger partial charge is 0.492 e. The molecule has 0 bridgehead atoms. The van der Waals surface area contributed by atoms with Crippen LogP contribution in [0.5, 0.6) is 11.5 Å². The summed E-state index contributed by atoms with van der Waals surface area (Å²) in [5, 5.41) is 9.30. The minimum absolute atomic E-state index is 0.0511. The quantitative estimate of drug-likeness (QED) is 0.652. The maximum atomic E-state index is 15.1. The number of nitrogens with zero attached hydrogens (tertiary/aromatic N) is 1. The van der Waals surface area contributed by atoms with Gasteiger partial charge in [0.15, 0.2) is 17.3 Å². The summed E-state index contributed by atoms with van der Waals surface area (Å²) in [7, 11) is 0. The molecule has 0 unspecified atom stereocenters. The van der Waals surface area contributed by atoms with Crippen LogP contribution in [-0.2, 0) is 0 Å². The molecule has 1 aliphatic rings. The third-order valence-electron chi connectivity index (χ3n) is 5.34. The normalized spacial score (nSPS) is 13.5. The van der Waals surface area contributed by atoms with Crippen molar-refractivity contribution in [3.8, 4) is 17.6 Å². The van der Waals surface area contributed by atoms with Gasteiger partial charge in [-0.3, -0.25) is 9.59 Å². The number of benzene rings is 3. The molecule has 0 saturated heterocycles. The summed E-state index contributed by atoms with van der Waals surface area (Å²) in [5.74, 6) is -1.18. The van der Waals surface area contributed by atoms with Crippen molar-refractivity contribution in [2.24, 2.45) is 5.73 Å². The first kappa shape index (κ1) is 21.1. The Bertz CT molecular complexity index is 1260. The average molecular weight is 430 g/mol. The molecule has 0 radical (unpaired) electrons. The molecule has 0 spiro atoms. The summed E-state index contributed by atoms with van der Waals surface area (Å²) in [5.41, 5.74) is 7.89. The minimum Gasteiger partial charge on any atom is -0.492 e. The zero-order chi connectivity index (χ0) is 22.8. The molecule has 160 valence electrons. The molecule has 3 aromatic rings. The number of nitriles is 1. The molecule has 3 aromatic carbocycles. The van der Waals surface area contributed by atoms with Gasteiger partial charge < -0.3 is 15.2 Å². The number of nitrogens with two attached hydrogens (primary N) is 1. The van der Waals surface area contributed by atoms with Crippen LogP contribution in [0.3, 0.4) is 0 Å². The number of ether oxygens (including phenoxy) is 2. The van der Waals surface area contributed by atoms with Gasteiger partial charge in [0.2, 0.25) is 5.91 Å². The molecule has 0 fully saturated rings. The summed E-state index contributed by atoms with van der Waals surface area (Å²) >= 11 is 0. The Hall–Kier alpha value is -4.18. The zero-order valence-corrected chi connectivity index (χ0v) is 17.2. The van der Waals surface area contributed by atoms with Crippen LogP contribution in [-0.4, -0.2) is 18.3 Å². The molecule has 2 N–H and O–H groups in total. The van der Waals surface area contributed by atoms with E-state index in [1.54, 1.807) is 55.5 Å². The highest BCUT2D eigenvalue weighted by Gasteiger charge is 2.28. The van der Waals surface area contributed by atoms with Crippen molar-refractivity contribution in [2.45, 2.75) is 19.4 Å². The summed E-state index contributed by atoms with van der Waals surface area (Å²) < 4.78 is 26.9. The van der Waals surface area contributed by atoms with E-state index in [1.165, 1.54) is 0 Å². The van der Waals surface area contributed by atoms with Gasteiger partial charge in [-0.1, -0.05) is 24.3 Å². The molecule has 7 heteroatoms. The van der Waals surface area contributed by atoms with Crippen LogP contribution in [0.4, 0.5) is 4.39 Å². The molecule has 1 heterocycles. The molecule has 1 amide bonds. The molecular weight excluding hydrogens is 411 g/mol. The van der Waals surface area contributed by atoms with Crippen LogP contribution in [0.15, 0.2) is 54.6 Å². The summed E-state index contributed by atoms with van der Waals surface area (Å²) in [6, 6.07) is 16.4. The van der Waals surface area contributed by atoms with Gasteiger partial charge in [-0.15, -0.1) is 0 Å². The lowest BCUT2D eigenvalue weighted by atomic mass is 9.97. The number of hydrogen-bond donors (Lipinski definition) is 1. The number of carbonyl (C=O) groups excluding carboxylic acids is 2. The Morgan fingerprint density at radius 2 is 1.94 bits per heavy atom. The van der Waals surface area contributed by atoms with Crippen molar-refractivity contribution in [3.05, 3.63) is 93.8 Å². The lowest BCUT2D eigenvalue weighted by molar-refractivity contribution is 0.0930. The van der Waals surface area contributed by atoms with Gasteiger partial charge in [-0.05, 0) is 48.4 Å². The van der Waals surface area contributed by atoms with E-state index in [1.807, 2.05) is 0 Å². The third-order valence-corrected chi connectivity index (χ3v) is 5.34. The van der Waals surface area contributed by atoms with Crippen molar-refractivity contribution in [1.29, 1.82) is 5.26 Å². The Balaban J connectivity index is 1.82. The first-order valence-electron chi connectivity index (χ1n) is 9.94. The van der Waals surface area contributed by atoms with E-state index in [0.717, 1.165) is 6.07 Å². The SMILES string of the molecule is Cc1c(O[C@H](c2ccc(C(N)=O)cc2)c2cccc(C#N)c2)c(F)cc2c1OCCC2=O. The number of ketones is 1. The number of hydrogen-bond acceptors (Lipinski definition) is 5. The van der Waals surface area contributed by atoms with Gasteiger partial charge in [-0.2, -0.15) is 5.26 Å². The van der Waals surface area contributed by atoms with E-state index in [4.69, 9.17) is 15.2 Å². The highest BCUT2D eigenvalue weighted by molar-refractivity contribution is 6.00. The predicted molar refractivity (Wildman–Crippen MR) is 114 cm³/mol. The van der Waals surface area contributed by atoms with Crippen molar-refractivity contribution >= 4 is 11.7 Å². The van der Waals surface area contributed by atoms with E-state index in [9.17, 15) is 14.9 Å². The van der Waals surface area contributed by atoms with Gasteiger partial charge in [0.25, 0.3) is 0 Å². The molecule has 1 aliphatic heterocycles. The van der Waals surface area contributed by atoms with Crippen LogP contribution >= 0.6 is 0 Å². The van der Waals surface area contributed by atoms with Crippen molar-refractivity contribution in [3.63, 3.8) is 0 Å². The first-order valence-corrected chi connectivity index (χ1v) is 9.94. The lowest BCUT2D eigenvalue weighted by Crippen LogP contribution is -2.18. The molecule has 0 saturated carbocycles.